The molecule has 2 heterocycles. The molecular formula is C24H20Br2N2O4. The summed E-state index contributed by atoms with van der Waals surface area (Å²) in [7, 11) is 3.24. The third-order valence-electron chi connectivity index (χ3n) is 5.72. The summed E-state index contributed by atoms with van der Waals surface area (Å²) in [6.45, 7) is 0. The van der Waals surface area contributed by atoms with E-state index in [1.54, 1.807) is 26.4 Å². The van der Waals surface area contributed by atoms with E-state index in [4.69, 9.17) is 19.3 Å². The molecule has 1 N–H and O–H groups in total. The molecule has 0 unspecified atom stereocenters. The highest BCUT2D eigenvalue weighted by Gasteiger charge is 2.42. The maximum atomic E-state index is 10.6. The average molecular weight is 560 g/mol. The standard InChI is InChI=1S/C24H20Br2N2O4/c1-30-22-7-3-13(9-23(22)31-2)18-12-19-16-10-15(26)5-8-21(16)32-24(28(19)27-18)17-11-14(25)4-6-20(17)29/h3-11,19,24,29H,12H2,1-2H3/t19-,24+/m1/s1. The number of hydrogen-bond donors (Lipinski definition) is 1. The number of phenols is 1. The quantitative estimate of drug-likeness (QED) is 0.414. The van der Waals surface area contributed by atoms with Gasteiger partial charge in [0.1, 0.15) is 11.5 Å². The molecular weight excluding hydrogens is 540 g/mol. The van der Waals surface area contributed by atoms with E-state index < -0.39 is 6.23 Å². The molecule has 32 heavy (non-hydrogen) atoms. The SMILES string of the molecule is COc1ccc(C2=NN3[C@H](C2)c2cc(Br)ccc2O[C@H]3c2cc(Br)ccc2O)cc1OC. The molecule has 0 amide bonds. The largest absolute Gasteiger partial charge is 0.507 e. The zero-order valence-corrected chi connectivity index (χ0v) is 20.6. The molecule has 6 nitrogen and oxygen atoms in total. The molecule has 5 rings (SSSR count). The number of methoxy groups -OCH3 is 2. The minimum absolute atomic E-state index is 0.0391. The number of aromatic hydroxyl groups is 1. The predicted octanol–water partition coefficient (Wildman–Crippen LogP) is 6.18. The number of benzene rings is 3. The van der Waals surface area contributed by atoms with Crippen LogP contribution in [0.25, 0.3) is 0 Å². The normalized spacial score (nSPS) is 19.0. The first-order chi connectivity index (χ1) is 15.5. The lowest BCUT2D eigenvalue weighted by molar-refractivity contribution is -0.0204. The van der Waals surface area contributed by atoms with E-state index in [9.17, 15) is 5.11 Å². The van der Waals surface area contributed by atoms with Crippen LogP contribution >= 0.6 is 31.9 Å². The van der Waals surface area contributed by atoms with Crippen LogP contribution < -0.4 is 14.2 Å². The van der Waals surface area contributed by atoms with Crippen molar-refractivity contribution < 1.29 is 19.3 Å². The minimum atomic E-state index is -0.566. The number of phenolic OH excluding ortho intramolecular Hbond substituents is 1. The van der Waals surface area contributed by atoms with E-state index in [-0.39, 0.29) is 11.8 Å². The van der Waals surface area contributed by atoms with Crippen molar-refractivity contribution in [2.75, 3.05) is 14.2 Å². The molecule has 2 atom stereocenters. The predicted molar refractivity (Wildman–Crippen MR) is 129 cm³/mol. The summed E-state index contributed by atoms with van der Waals surface area (Å²) in [5, 5.41) is 17.5. The first-order valence-corrected chi connectivity index (χ1v) is 11.6. The summed E-state index contributed by atoms with van der Waals surface area (Å²) in [6, 6.07) is 17.1. The molecule has 164 valence electrons. The molecule has 0 bridgehead atoms. The van der Waals surface area contributed by atoms with Crippen LogP contribution in [0, 0.1) is 0 Å². The van der Waals surface area contributed by atoms with E-state index in [0.717, 1.165) is 31.5 Å². The topological polar surface area (TPSA) is 63.5 Å². The number of fused-ring (bicyclic) bond motifs is 3. The molecule has 8 heteroatoms. The molecule has 0 saturated heterocycles. The zero-order valence-electron chi connectivity index (χ0n) is 17.4. The minimum Gasteiger partial charge on any atom is -0.507 e. The summed E-state index contributed by atoms with van der Waals surface area (Å²) in [5.74, 6) is 2.26. The van der Waals surface area contributed by atoms with Crippen LogP contribution in [0.1, 0.15) is 35.4 Å². The summed E-state index contributed by atoms with van der Waals surface area (Å²) >= 11 is 7.08. The van der Waals surface area contributed by atoms with Crippen molar-refractivity contribution in [3.8, 4) is 23.0 Å². The molecule has 0 spiro atoms. The van der Waals surface area contributed by atoms with E-state index in [0.29, 0.717) is 23.5 Å². The van der Waals surface area contributed by atoms with Gasteiger partial charge >= 0.3 is 0 Å². The monoisotopic (exact) mass is 558 g/mol. The Hall–Kier alpha value is -2.71. The van der Waals surface area contributed by atoms with E-state index in [1.165, 1.54) is 0 Å². The summed E-state index contributed by atoms with van der Waals surface area (Å²) < 4.78 is 19.1. The van der Waals surface area contributed by atoms with E-state index in [1.807, 2.05) is 41.4 Å². The fourth-order valence-corrected chi connectivity index (χ4v) is 4.93. The van der Waals surface area contributed by atoms with Gasteiger partial charge < -0.3 is 19.3 Å². The van der Waals surface area contributed by atoms with Gasteiger partial charge in [-0.2, -0.15) is 5.10 Å². The number of hydrazone groups is 1. The first kappa shape index (κ1) is 21.2. The van der Waals surface area contributed by atoms with Crippen LogP contribution in [0.2, 0.25) is 0 Å². The third-order valence-corrected chi connectivity index (χ3v) is 6.71. The molecule has 3 aromatic rings. The summed E-state index contributed by atoms with van der Waals surface area (Å²) in [5.41, 5.74) is 3.55. The second kappa shape index (κ2) is 8.33. The Morgan fingerprint density at radius 2 is 1.66 bits per heavy atom. The van der Waals surface area contributed by atoms with Crippen molar-refractivity contribution in [1.29, 1.82) is 0 Å². The second-order valence-electron chi connectivity index (χ2n) is 7.57. The van der Waals surface area contributed by atoms with Gasteiger partial charge in [-0.3, -0.25) is 0 Å². The molecule has 0 fully saturated rings. The Morgan fingerprint density at radius 3 is 2.41 bits per heavy atom. The summed E-state index contributed by atoms with van der Waals surface area (Å²) in [6.07, 6.45) is 0.122. The molecule has 2 aliphatic rings. The van der Waals surface area contributed by atoms with E-state index in [2.05, 4.69) is 37.9 Å². The van der Waals surface area contributed by atoms with Crippen LogP contribution in [-0.4, -0.2) is 30.0 Å². The molecule has 0 radical (unpaired) electrons. The highest BCUT2D eigenvalue weighted by molar-refractivity contribution is 9.10. The van der Waals surface area contributed by atoms with Gasteiger partial charge in [0.05, 0.1) is 31.5 Å². The van der Waals surface area contributed by atoms with Crippen molar-refractivity contribution in [1.82, 2.24) is 5.01 Å². The van der Waals surface area contributed by atoms with Crippen LogP contribution in [0.15, 0.2) is 68.6 Å². The average Bonchev–Trinajstić information content (AvgIpc) is 3.25. The van der Waals surface area contributed by atoms with Gasteiger partial charge in [-0.05, 0) is 54.6 Å². The van der Waals surface area contributed by atoms with Gasteiger partial charge in [0.2, 0.25) is 6.23 Å². The number of ether oxygens (including phenoxy) is 3. The Kier molecular flexibility index (Phi) is 5.51. The van der Waals surface area contributed by atoms with Crippen molar-refractivity contribution in [2.45, 2.75) is 18.7 Å². The lowest BCUT2D eigenvalue weighted by atomic mass is 9.95. The maximum absolute atomic E-state index is 10.6. The van der Waals surface area contributed by atoms with Gasteiger partial charge in [0, 0.05) is 26.5 Å². The smallest absolute Gasteiger partial charge is 0.217 e. The second-order valence-corrected chi connectivity index (χ2v) is 9.40. The number of hydrogen-bond acceptors (Lipinski definition) is 6. The van der Waals surface area contributed by atoms with Crippen LogP contribution in [0.4, 0.5) is 0 Å². The number of halogens is 2. The molecule has 2 aliphatic heterocycles. The van der Waals surface area contributed by atoms with Crippen molar-refractivity contribution in [3.63, 3.8) is 0 Å². The molecule has 3 aromatic carbocycles. The number of nitrogens with zero attached hydrogens (tertiary/aromatic N) is 2. The summed E-state index contributed by atoms with van der Waals surface area (Å²) in [4.78, 5) is 0. The third kappa shape index (κ3) is 3.61. The van der Waals surface area contributed by atoms with Crippen molar-refractivity contribution >= 4 is 37.6 Å². The van der Waals surface area contributed by atoms with Gasteiger partial charge in [-0.25, -0.2) is 5.01 Å². The Labute approximate surface area is 202 Å². The zero-order chi connectivity index (χ0) is 22.4. The van der Waals surface area contributed by atoms with Crippen molar-refractivity contribution in [2.24, 2.45) is 5.10 Å². The first-order valence-electron chi connectivity index (χ1n) is 10.0. The van der Waals surface area contributed by atoms with Crippen molar-refractivity contribution in [3.05, 3.63) is 80.2 Å². The van der Waals surface area contributed by atoms with Crippen LogP contribution in [0.5, 0.6) is 23.0 Å². The fraction of sp³-hybridized carbons (Fsp3) is 0.208. The van der Waals surface area contributed by atoms with Gasteiger partial charge in [-0.15, -0.1) is 0 Å². The lowest BCUT2D eigenvalue weighted by Crippen LogP contribution is -2.33. The maximum Gasteiger partial charge on any atom is 0.217 e. The van der Waals surface area contributed by atoms with Gasteiger partial charge in [0.15, 0.2) is 11.5 Å². The lowest BCUT2D eigenvalue weighted by Gasteiger charge is -2.38. The Bertz CT molecular complexity index is 1230. The van der Waals surface area contributed by atoms with Gasteiger partial charge in [-0.1, -0.05) is 31.9 Å². The van der Waals surface area contributed by atoms with E-state index >= 15 is 0 Å². The molecule has 0 aliphatic carbocycles. The fourth-order valence-electron chi connectivity index (χ4n) is 4.18. The highest BCUT2D eigenvalue weighted by Crippen LogP contribution is 2.49. The highest BCUT2D eigenvalue weighted by atomic mass is 79.9. The Balaban J connectivity index is 1.61. The van der Waals surface area contributed by atoms with Crippen LogP contribution in [0.3, 0.4) is 0 Å². The van der Waals surface area contributed by atoms with Gasteiger partial charge in [0.25, 0.3) is 0 Å². The number of rotatable bonds is 4. The van der Waals surface area contributed by atoms with Crippen LogP contribution in [-0.2, 0) is 0 Å². The Morgan fingerprint density at radius 1 is 0.938 bits per heavy atom. The molecule has 0 aromatic heterocycles. The molecule has 0 saturated carbocycles.